The predicted molar refractivity (Wildman–Crippen MR) is 90.1 cm³/mol. The summed E-state index contributed by atoms with van der Waals surface area (Å²) < 4.78 is 2.09. The Labute approximate surface area is 133 Å². The van der Waals surface area contributed by atoms with E-state index in [9.17, 15) is 0 Å². The number of fused-ring (bicyclic) bond motifs is 2. The van der Waals surface area contributed by atoms with Crippen molar-refractivity contribution in [3.05, 3.63) is 30.6 Å². The lowest BCUT2D eigenvalue weighted by atomic mass is 10.1. The first-order chi connectivity index (χ1) is 10.6. The van der Waals surface area contributed by atoms with Gasteiger partial charge in [0.05, 0.1) is 12.1 Å². The molecule has 22 heavy (non-hydrogen) atoms. The molecule has 112 valence electrons. The second kappa shape index (κ2) is 5.00. The van der Waals surface area contributed by atoms with E-state index in [1.807, 2.05) is 24.5 Å². The fourth-order valence-corrected chi connectivity index (χ4v) is 3.88. The minimum atomic E-state index is 0.806. The number of likely N-dealkylation sites (N-methyl/N-ethyl adjacent to an activating group) is 1. The fourth-order valence-electron chi connectivity index (χ4n) is 2.79. The third-order valence-electron chi connectivity index (χ3n) is 3.91. The van der Waals surface area contributed by atoms with Gasteiger partial charge in [0.25, 0.3) is 0 Å². The average Bonchev–Trinajstić information content (AvgIpc) is 2.88. The highest BCUT2D eigenvalue weighted by Crippen LogP contribution is 2.49. The van der Waals surface area contributed by atoms with E-state index in [-0.39, 0.29) is 0 Å². The Morgan fingerprint density at radius 2 is 2.14 bits per heavy atom. The smallest absolute Gasteiger partial charge is 0.103 e. The van der Waals surface area contributed by atoms with Crippen LogP contribution in [0, 0.1) is 0 Å². The van der Waals surface area contributed by atoms with E-state index < -0.39 is 0 Å². The Balaban J connectivity index is 1.97. The lowest BCUT2D eigenvalue weighted by Gasteiger charge is -2.15. The molecule has 0 amide bonds. The highest BCUT2D eigenvalue weighted by molar-refractivity contribution is 8.00. The first kappa shape index (κ1) is 13.6. The summed E-state index contributed by atoms with van der Waals surface area (Å²) in [4.78, 5) is 8.61. The molecule has 0 radical (unpaired) electrons. The summed E-state index contributed by atoms with van der Waals surface area (Å²) in [5.41, 5.74) is 10.3. The van der Waals surface area contributed by atoms with Crippen LogP contribution in [0.1, 0.15) is 0 Å². The Morgan fingerprint density at radius 1 is 1.27 bits per heavy atom. The van der Waals surface area contributed by atoms with Gasteiger partial charge >= 0.3 is 0 Å². The number of hydrogen-bond donors (Lipinski definition) is 1. The van der Waals surface area contributed by atoms with Crippen LogP contribution in [-0.4, -0.2) is 40.3 Å². The molecule has 2 N–H and O–H groups in total. The summed E-state index contributed by atoms with van der Waals surface area (Å²) in [7, 11) is 4.15. The van der Waals surface area contributed by atoms with Crippen molar-refractivity contribution in [2.24, 2.45) is 0 Å². The summed E-state index contributed by atoms with van der Waals surface area (Å²) in [6.45, 7) is 1.81. The molecule has 0 atom stereocenters. The maximum atomic E-state index is 6.20. The summed E-state index contributed by atoms with van der Waals surface area (Å²) in [6.07, 6.45) is 3.71. The molecular weight excluding hydrogens is 294 g/mol. The maximum Gasteiger partial charge on any atom is 0.103 e. The molecule has 0 saturated carbocycles. The maximum absolute atomic E-state index is 6.20. The van der Waals surface area contributed by atoms with Crippen LogP contribution in [0.25, 0.3) is 22.2 Å². The van der Waals surface area contributed by atoms with Gasteiger partial charge in [-0.25, -0.2) is 0 Å². The number of rotatable bonds is 3. The molecule has 2 aromatic heterocycles. The number of benzene rings is 1. The van der Waals surface area contributed by atoms with Crippen molar-refractivity contribution in [1.82, 2.24) is 19.7 Å². The van der Waals surface area contributed by atoms with Gasteiger partial charge in [-0.2, -0.15) is 5.10 Å². The Bertz CT molecular complexity index is 868. The lowest BCUT2D eigenvalue weighted by Crippen LogP contribution is -2.18. The Kier molecular flexibility index (Phi) is 3.09. The molecule has 0 bridgehead atoms. The molecule has 3 aromatic rings. The monoisotopic (exact) mass is 311 g/mol. The zero-order valence-corrected chi connectivity index (χ0v) is 13.4. The first-order valence-electron chi connectivity index (χ1n) is 7.21. The first-order valence-corrected chi connectivity index (χ1v) is 8.03. The highest BCUT2D eigenvalue weighted by atomic mass is 32.2. The zero-order chi connectivity index (χ0) is 15.3. The number of nitrogens with zero attached hydrogens (tertiary/aromatic N) is 4. The van der Waals surface area contributed by atoms with Gasteiger partial charge in [-0.3, -0.25) is 9.67 Å². The molecule has 6 heteroatoms. The van der Waals surface area contributed by atoms with E-state index >= 15 is 0 Å². The van der Waals surface area contributed by atoms with Crippen LogP contribution in [0.2, 0.25) is 0 Å². The normalized spacial score (nSPS) is 12.9. The van der Waals surface area contributed by atoms with Crippen molar-refractivity contribution in [2.75, 3.05) is 26.4 Å². The van der Waals surface area contributed by atoms with Crippen molar-refractivity contribution in [3.63, 3.8) is 0 Å². The molecule has 4 rings (SSSR count). The summed E-state index contributed by atoms with van der Waals surface area (Å²) >= 11 is 1.69. The van der Waals surface area contributed by atoms with Crippen LogP contribution in [0.4, 0.5) is 5.69 Å². The number of pyridine rings is 1. The average molecular weight is 311 g/mol. The molecule has 3 heterocycles. The Morgan fingerprint density at radius 3 is 2.95 bits per heavy atom. The van der Waals surface area contributed by atoms with Crippen LogP contribution in [0.5, 0.6) is 0 Å². The standard InChI is InChI=1S/C16H17N5S/c1-20(2)7-8-21-12-4-3-11(17)16-14(12)15(19-21)10-5-6-18-9-13(10)22-16/h3-6,9H,7-8,17H2,1-2H3. The topological polar surface area (TPSA) is 60.0 Å². The van der Waals surface area contributed by atoms with Crippen molar-refractivity contribution >= 4 is 28.4 Å². The van der Waals surface area contributed by atoms with Gasteiger partial charge in [0.2, 0.25) is 0 Å². The zero-order valence-electron chi connectivity index (χ0n) is 12.6. The van der Waals surface area contributed by atoms with Gasteiger partial charge in [-0.1, -0.05) is 11.8 Å². The molecule has 0 saturated heterocycles. The van der Waals surface area contributed by atoms with Gasteiger partial charge in [0.1, 0.15) is 5.69 Å². The molecule has 0 fully saturated rings. The van der Waals surface area contributed by atoms with E-state index in [0.717, 1.165) is 45.3 Å². The van der Waals surface area contributed by atoms with Crippen LogP contribution in [0.3, 0.4) is 0 Å². The number of hydrogen-bond acceptors (Lipinski definition) is 5. The van der Waals surface area contributed by atoms with Crippen molar-refractivity contribution in [2.45, 2.75) is 16.3 Å². The third-order valence-corrected chi connectivity index (χ3v) is 5.10. The van der Waals surface area contributed by atoms with Crippen molar-refractivity contribution < 1.29 is 0 Å². The van der Waals surface area contributed by atoms with Gasteiger partial charge < -0.3 is 10.6 Å². The number of anilines is 1. The van der Waals surface area contributed by atoms with Crippen molar-refractivity contribution in [3.8, 4) is 11.3 Å². The van der Waals surface area contributed by atoms with Gasteiger partial charge in [0.15, 0.2) is 0 Å². The second-order valence-corrected chi connectivity index (χ2v) is 6.78. The molecule has 0 unspecified atom stereocenters. The number of aromatic nitrogens is 3. The number of nitrogen functional groups attached to an aromatic ring is 1. The third kappa shape index (κ3) is 1.99. The highest BCUT2D eigenvalue weighted by Gasteiger charge is 2.25. The predicted octanol–water partition coefficient (Wildman–Crippen LogP) is 2.71. The quantitative estimate of drug-likeness (QED) is 0.590. The van der Waals surface area contributed by atoms with Crippen LogP contribution >= 0.6 is 11.8 Å². The van der Waals surface area contributed by atoms with E-state index in [2.05, 4.69) is 34.7 Å². The molecule has 5 nitrogen and oxygen atoms in total. The molecule has 1 aliphatic heterocycles. The molecule has 1 aliphatic rings. The van der Waals surface area contributed by atoms with Crippen LogP contribution < -0.4 is 5.73 Å². The molecule has 1 aromatic carbocycles. The molecular formula is C16H17N5S. The second-order valence-electron chi connectivity index (χ2n) is 5.73. The van der Waals surface area contributed by atoms with E-state index in [1.165, 1.54) is 5.39 Å². The summed E-state index contributed by atoms with van der Waals surface area (Å²) in [6, 6.07) is 6.09. The van der Waals surface area contributed by atoms with E-state index in [4.69, 9.17) is 10.8 Å². The van der Waals surface area contributed by atoms with E-state index in [0.29, 0.717) is 0 Å². The summed E-state index contributed by atoms with van der Waals surface area (Å²) in [5, 5.41) is 6.04. The lowest BCUT2D eigenvalue weighted by molar-refractivity contribution is 0.377. The van der Waals surface area contributed by atoms with Gasteiger partial charge in [-0.15, -0.1) is 0 Å². The van der Waals surface area contributed by atoms with Crippen LogP contribution in [-0.2, 0) is 6.54 Å². The van der Waals surface area contributed by atoms with Gasteiger partial charge in [0, 0.05) is 45.4 Å². The minimum absolute atomic E-state index is 0.806. The number of nitrogens with two attached hydrogens (primary N) is 1. The van der Waals surface area contributed by atoms with E-state index in [1.54, 1.807) is 11.8 Å². The minimum Gasteiger partial charge on any atom is -0.398 e. The largest absolute Gasteiger partial charge is 0.398 e. The fraction of sp³-hybridized carbons (Fsp3) is 0.250. The molecule has 0 spiro atoms. The molecule has 0 aliphatic carbocycles. The summed E-state index contributed by atoms with van der Waals surface area (Å²) in [5.74, 6) is 0. The van der Waals surface area contributed by atoms with Crippen molar-refractivity contribution in [1.29, 1.82) is 0 Å². The SMILES string of the molecule is CN(C)CCn1nc2c3c(c(N)ccc31)Sc1cnccc1-2. The van der Waals surface area contributed by atoms with Gasteiger partial charge in [-0.05, 0) is 32.3 Å². The Hall–Kier alpha value is -2.05. The van der Waals surface area contributed by atoms with Crippen LogP contribution in [0.15, 0.2) is 40.4 Å².